The molecule has 0 amide bonds. The van der Waals surface area contributed by atoms with Crippen molar-refractivity contribution >= 4 is 27.8 Å². The lowest BCUT2D eigenvalue weighted by Gasteiger charge is -2.10. The van der Waals surface area contributed by atoms with Crippen molar-refractivity contribution in [1.29, 1.82) is 0 Å². The summed E-state index contributed by atoms with van der Waals surface area (Å²) in [5.41, 5.74) is 4.67. The third kappa shape index (κ3) is 3.88. The molecule has 0 saturated carbocycles. The standard InChI is InChI=1S/C25H26N2O2/c1-3-4-10-15-29-25(28)22-16-21-20-13-8-9-14-23(20)27(24(21)18(2)26-22)17-19-11-6-5-7-12-19/h5-9,11-14,16H,3-4,10,15,17H2,1-2H3. The van der Waals surface area contributed by atoms with Gasteiger partial charge in [0.15, 0.2) is 0 Å². The Morgan fingerprint density at radius 2 is 1.76 bits per heavy atom. The van der Waals surface area contributed by atoms with E-state index in [-0.39, 0.29) is 5.97 Å². The lowest BCUT2D eigenvalue weighted by Crippen LogP contribution is -2.10. The van der Waals surface area contributed by atoms with Gasteiger partial charge >= 0.3 is 5.97 Å². The van der Waals surface area contributed by atoms with Crippen molar-refractivity contribution in [3.8, 4) is 0 Å². The van der Waals surface area contributed by atoms with E-state index in [1.54, 1.807) is 0 Å². The summed E-state index contributed by atoms with van der Waals surface area (Å²) >= 11 is 0. The molecule has 0 bridgehead atoms. The molecule has 0 spiro atoms. The minimum atomic E-state index is -0.342. The summed E-state index contributed by atoms with van der Waals surface area (Å²) in [7, 11) is 0. The molecular weight excluding hydrogens is 360 g/mol. The molecule has 0 fully saturated rings. The van der Waals surface area contributed by atoms with E-state index in [0.29, 0.717) is 12.3 Å². The molecule has 0 aliphatic carbocycles. The first-order valence-corrected chi connectivity index (χ1v) is 10.3. The number of hydrogen-bond acceptors (Lipinski definition) is 3. The molecule has 0 N–H and O–H groups in total. The van der Waals surface area contributed by atoms with Gasteiger partial charge in [-0.1, -0.05) is 68.3 Å². The van der Waals surface area contributed by atoms with Crippen LogP contribution in [0.5, 0.6) is 0 Å². The van der Waals surface area contributed by atoms with Crippen LogP contribution in [0.3, 0.4) is 0 Å². The van der Waals surface area contributed by atoms with Crippen LogP contribution in [0.1, 0.15) is 47.9 Å². The smallest absolute Gasteiger partial charge is 0.356 e. The third-order valence-corrected chi connectivity index (χ3v) is 5.30. The summed E-state index contributed by atoms with van der Waals surface area (Å²) in [6.45, 7) is 5.30. The minimum absolute atomic E-state index is 0.342. The molecule has 0 saturated heterocycles. The maximum Gasteiger partial charge on any atom is 0.356 e. The van der Waals surface area contributed by atoms with Crippen molar-refractivity contribution < 1.29 is 9.53 Å². The van der Waals surface area contributed by atoms with Crippen LogP contribution in [-0.4, -0.2) is 22.1 Å². The Morgan fingerprint density at radius 3 is 2.55 bits per heavy atom. The van der Waals surface area contributed by atoms with Crippen molar-refractivity contribution in [2.75, 3.05) is 6.61 Å². The van der Waals surface area contributed by atoms with E-state index in [9.17, 15) is 4.79 Å². The Hall–Kier alpha value is -3.14. The van der Waals surface area contributed by atoms with Crippen molar-refractivity contribution in [3.63, 3.8) is 0 Å². The average Bonchev–Trinajstić information content (AvgIpc) is 3.06. The van der Waals surface area contributed by atoms with E-state index in [4.69, 9.17) is 4.74 Å². The van der Waals surface area contributed by atoms with E-state index < -0.39 is 0 Å². The maximum atomic E-state index is 12.5. The average molecular weight is 386 g/mol. The Labute approximate surface area is 171 Å². The second kappa shape index (κ2) is 8.48. The lowest BCUT2D eigenvalue weighted by atomic mass is 10.1. The summed E-state index contributed by atoms with van der Waals surface area (Å²) < 4.78 is 7.73. The molecule has 0 aliphatic heterocycles. The van der Waals surface area contributed by atoms with Crippen LogP contribution in [0.25, 0.3) is 21.8 Å². The van der Waals surface area contributed by atoms with Crippen LogP contribution >= 0.6 is 0 Å². The monoisotopic (exact) mass is 386 g/mol. The number of carbonyl (C=O) groups excluding carboxylic acids is 1. The Bertz CT molecular complexity index is 1150. The normalized spacial score (nSPS) is 11.2. The van der Waals surface area contributed by atoms with Gasteiger partial charge in [-0.15, -0.1) is 0 Å². The number of aryl methyl sites for hydroxylation is 1. The van der Waals surface area contributed by atoms with Gasteiger partial charge in [-0.05, 0) is 31.0 Å². The summed E-state index contributed by atoms with van der Waals surface area (Å²) in [4.78, 5) is 17.1. The van der Waals surface area contributed by atoms with Crippen LogP contribution in [-0.2, 0) is 11.3 Å². The molecule has 4 aromatic rings. The quantitative estimate of drug-likeness (QED) is 0.294. The first kappa shape index (κ1) is 19.2. The highest BCUT2D eigenvalue weighted by molar-refractivity contribution is 6.10. The molecule has 2 aromatic heterocycles. The van der Waals surface area contributed by atoms with Crippen molar-refractivity contribution in [3.05, 3.63) is 77.6 Å². The van der Waals surface area contributed by atoms with Gasteiger partial charge < -0.3 is 9.30 Å². The maximum absolute atomic E-state index is 12.5. The first-order valence-electron chi connectivity index (χ1n) is 10.3. The fourth-order valence-corrected chi connectivity index (χ4v) is 3.89. The molecule has 148 valence electrons. The minimum Gasteiger partial charge on any atom is -0.461 e. The van der Waals surface area contributed by atoms with E-state index in [0.717, 1.165) is 53.3 Å². The van der Waals surface area contributed by atoms with E-state index >= 15 is 0 Å². The largest absolute Gasteiger partial charge is 0.461 e. The number of pyridine rings is 1. The fraction of sp³-hybridized carbons (Fsp3) is 0.280. The number of ether oxygens (including phenoxy) is 1. The highest BCUT2D eigenvalue weighted by Crippen LogP contribution is 2.32. The van der Waals surface area contributed by atoms with E-state index in [2.05, 4.69) is 52.9 Å². The van der Waals surface area contributed by atoms with Crippen LogP contribution in [0.4, 0.5) is 0 Å². The number of aromatic nitrogens is 2. The number of hydrogen-bond donors (Lipinski definition) is 0. The number of para-hydroxylation sites is 1. The second-order valence-corrected chi connectivity index (χ2v) is 7.42. The number of carbonyl (C=O) groups is 1. The Balaban J connectivity index is 1.77. The molecule has 4 rings (SSSR count). The first-order chi connectivity index (χ1) is 14.2. The van der Waals surface area contributed by atoms with Gasteiger partial charge in [-0.25, -0.2) is 9.78 Å². The van der Waals surface area contributed by atoms with Gasteiger partial charge in [0.2, 0.25) is 0 Å². The summed E-state index contributed by atoms with van der Waals surface area (Å²) in [5, 5.41) is 2.17. The van der Waals surface area contributed by atoms with E-state index in [1.807, 2.05) is 31.2 Å². The van der Waals surface area contributed by atoms with Crippen LogP contribution in [0.2, 0.25) is 0 Å². The van der Waals surface area contributed by atoms with Crippen molar-refractivity contribution in [2.24, 2.45) is 0 Å². The summed E-state index contributed by atoms with van der Waals surface area (Å²) in [5.74, 6) is -0.342. The Morgan fingerprint density at radius 1 is 1.00 bits per heavy atom. The predicted octanol–water partition coefficient (Wildman–Crippen LogP) is 5.89. The van der Waals surface area contributed by atoms with E-state index in [1.165, 1.54) is 5.56 Å². The summed E-state index contributed by atoms with van der Waals surface area (Å²) in [6, 6.07) is 20.6. The molecule has 2 heterocycles. The number of nitrogens with zero attached hydrogens (tertiary/aromatic N) is 2. The zero-order chi connectivity index (χ0) is 20.2. The molecule has 29 heavy (non-hydrogen) atoms. The third-order valence-electron chi connectivity index (χ3n) is 5.30. The van der Waals surface area contributed by atoms with Crippen molar-refractivity contribution in [1.82, 2.24) is 9.55 Å². The van der Waals surface area contributed by atoms with Crippen molar-refractivity contribution in [2.45, 2.75) is 39.7 Å². The van der Waals surface area contributed by atoms with Gasteiger partial charge in [0, 0.05) is 22.8 Å². The second-order valence-electron chi connectivity index (χ2n) is 7.42. The zero-order valence-corrected chi connectivity index (χ0v) is 17.0. The van der Waals surface area contributed by atoms with Crippen LogP contribution < -0.4 is 0 Å². The molecule has 2 aromatic carbocycles. The molecule has 0 radical (unpaired) electrons. The zero-order valence-electron chi connectivity index (χ0n) is 17.0. The molecule has 0 atom stereocenters. The van der Waals surface area contributed by atoms with Crippen LogP contribution in [0.15, 0.2) is 60.7 Å². The molecule has 4 heteroatoms. The Kier molecular flexibility index (Phi) is 5.61. The number of esters is 1. The van der Waals surface area contributed by atoms with Gasteiger partial charge in [-0.3, -0.25) is 0 Å². The number of unbranched alkanes of at least 4 members (excludes halogenated alkanes) is 2. The summed E-state index contributed by atoms with van der Waals surface area (Å²) in [6.07, 6.45) is 3.05. The van der Waals surface area contributed by atoms with Gasteiger partial charge in [0.05, 0.1) is 17.8 Å². The van der Waals surface area contributed by atoms with Crippen LogP contribution in [0, 0.1) is 6.92 Å². The van der Waals surface area contributed by atoms with Gasteiger partial charge in [-0.2, -0.15) is 0 Å². The highest BCUT2D eigenvalue weighted by Gasteiger charge is 2.18. The number of fused-ring (bicyclic) bond motifs is 3. The molecular formula is C25H26N2O2. The fourth-order valence-electron chi connectivity index (χ4n) is 3.89. The molecule has 4 nitrogen and oxygen atoms in total. The predicted molar refractivity (Wildman–Crippen MR) is 117 cm³/mol. The molecule has 0 unspecified atom stereocenters. The van der Waals surface area contributed by atoms with Gasteiger partial charge in [0.25, 0.3) is 0 Å². The lowest BCUT2D eigenvalue weighted by molar-refractivity contribution is 0.0491. The molecule has 0 aliphatic rings. The number of benzene rings is 2. The SMILES string of the molecule is CCCCCOC(=O)c1cc2c3ccccc3n(Cc3ccccc3)c2c(C)n1. The number of rotatable bonds is 7. The van der Waals surface area contributed by atoms with Gasteiger partial charge in [0.1, 0.15) is 5.69 Å². The highest BCUT2D eigenvalue weighted by atomic mass is 16.5. The topological polar surface area (TPSA) is 44.1 Å².